The number of fused-ring (bicyclic) bond motifs is 1. The molecule has 1 unspecified atom stereocenters. The predicted octanol–water partition coefficient (Wildman–Crippen LogP) is 4.76. The highest BCUT2D eigenvalue weighted by Crippen LogP contribution is 2.43. The first-order valence-electron chi connectivity index (χ1n) is 10.4. The monoisotopic (exact) mass is 465 g/mol. The number of allylic oxidation sites excluding steroid dienone is 1. The van der Waals surface area contributed by atoms with Crippen molar-refractivity contribution < 1.29 is 31.4 Å². The van der Waals surface area contributed by atoms with Gasteiger partial charge in [-0.1, -0.05) is 12.1 Å². The van der Waals surface area contributed by atoms with Gasteiger partial charge in [-0.05, 0) is 61.1 Å². The Balaban J connectivity index is 1.64. The Hall–Kier alpha value is -2.65. The fourth-order valence-electron chi connectivity index (χ4n) is 4.41. The normalized spacial score (nSPS) is 18.9. The van der Waals surface area contributed by atoms with Crippen LogP contribution in [-0.4, -0.2) is 40.1 Å². The fourth-order valence-corrected chi connectivity index (χ4v) is 6.27. The van der Waals surface area contributed by atoms with Crippen LogP contribution in [0.2, 0.25) is 0 Å². The summed E-state index contributed by atoms with van der Waals surface area (Å²) >= 11 is 0. The number of methoxy groups -OCH3 is 2. The number of halogens is 2. The van der Waals surface area contributed by atoms with Crippen molar-refractivity contribution in [3.05, 3.63) is 58.0 Å². The molecule has 6 nitrogen and oxygen atoms in total. The number of hydrogen-bond donors (Lipinski definition) is 0. The van der Waals surface area contributed by atoms with Crippen LogP contribution in [0.15, 0.2) is 41.3 Å². The third-order valence-electron chi connectivity index (χ3n) is 5.94. The number of rotatable bonds is 7. The highest BCUT2D eigenvalue weighted by Gasteiger charge is 2.39. The molecule has 172 valence electrons. The first kappa shape index (κ1) is 22.5. The molecule has 0 bridgehead atoms. The highest BCUT2D eigenvalue weighted by atomic mass is 32.2. The topological polar surface area (TPSA) is 65.1 Å². The second-order valence-corrected chi connectivity index (χ2v) is 9.67. The van der Waals surface area contributed by atoms with Crippen LogP contribution < -0.4 is 14.2 Å². The summed E-state index contributed by atoms with van der Waals surface area (Å²) in [6.45, 7) is -2.47. The number of aryl methyl sites for hydroxylation is 1. The third-order valence-corrected chi connectivity index (χ3v) is 7.98. The second kappa shape index (κ2) is 9.07. The molecule has 0 spiro atoms. The van der Waals surface area contributed by atoms with Gasteiger partial charge < -0.3 is 14.2 Å². The van der Waals surface area contributed by atoms with Gasteiger partial charge in [0.05, 0.1) is 25.2 Å². The molecule has 1 heterocycles. The lowest BCUT2D eigenvalue weighted by Crippen LogP contribution is -2.32. The zero-order valence-corrected chi connectivity index (χ0v) is 18.7. The Morgan fingerprint density at radius 2 is 1.81 bits per heavy atom. The largest absolute Gasteiger partial charge is 0.497 e. The molecule has 2 aliphatic rings. The molecule has 9 heteroatoms. The lowest BCUT2D eigenvalue weighted by Gasteiger charge is -2.28. The first-order chi connectivity index (χ1) is 15.3. The fraction of sp³-hybridized carbons (Fsp3) is 0.391. The summed E-state index contributed by atoms with van der Waals surface area (Å²) in [4.78, 5) is 0.326. The maximum atomic E-state index is 13.6. The van der Waals surface area contributed by atoms with Crippen molar-refractivity contribution in [1.82, 2.24) is 4.31 Å². The molecule has 2 aromatic rings. The molecule has 4 rings (SSSR count). The van der Waals surface area contributed by atoms with Gasteiger partial charge >= 0.3 is 6.61 Å². The van der Waals surface area contributed by atoms with E-state index in [1.807, 2.05) is 6.07 Å². The molecule has 0 saturated carbocycles. The molecule has 1 aliphatic carbocycles. The van der Waals surface area contributed by atoms with Crippen molar-refractivity contribution in [1.29, 1.82) is 0 Å². The Bertz CT molecular complexity index is 1130. The minimum Gasteiger partial charge on any atom is -0.497 e. The minimum absolute atomic E-state index is 0.0738. The molecule has 2 aromatic carbocycles. The Morgan fingerprint density at radius 1 is 1.03 bits per heavy atom. The summed E-state index contributed by atoms with van der Waals surface area (Å²) in [7, 11) is -0.595. The SMILES string of the molecule is COc1ccc(C2CCCN2S(=O)(=O)C2=Cc3ccc(OC(F)F)cc3CC2)c(OC)c1. The summed E-state index contributed by atoms with van der Waals surface area (Å²) in [5.41, 5.74) is 2.30. The van der Waals surface area contributed by atoms with E-state index in [-0.39, 0.29) is 11.8 Å². The molecule has 0 radical (unpaired) electrons. The zero-order chi connectivity index (χ0) is 22.9. The molecule has 0 N–H and O–H groups in total. The van der Waals surface area contributed by atoms with E-state index in [0.29, 0.717) is 47.8 Å². The first-order valence-corrected chi connectivity index (χ1v) is 11.8. The maximum Gasteiger partial charge on any atom is 0.387 e. The van der Waals surface area contributed by atoms with E-state index in [1.54, 1.807) is 48.9 Å². The van der Waals surface area contributed by atoms with Crippen molar-refractivity contribution >= 4 is 16.1 Å². The van der Waals surface area contributed by atoms with Gasteiger partial charge in [0.2, 0.25) is 10.0 Å². The van der Waals surface area contributed by atoms with Crippen LogP contribution in [0.4, 0.5) is 8.78 Å². The van der Waals surface area contributed by atoms with E-state index in [2.05, 4.69) is 4.74 Å². The van der Waals surface area contributed by atoms with Crippen LogP contribution in [0, 0.1) is 0 Å². The number of nitrogens with zero attached hydrogens (tertiary/aromatic N) is 1. The van der Waals surface area contributed by atoms with Gasteiger partial charge in [0.25, 0.3) is 0 Å². The molecule has 1 atom stereocenters. The molecule has 1 fully saturated rings. The summed E-state index contributed by atoms with van der Waals surface area (Å²) in [6, 6.07) is 9.68. The minimum atomic E-state index is -3.72. The number of hydrogen-bond acceptors (Lipinski definition) is 5. The van der Waals surface area contributed by atoms with Crippen molar-refractivity contribution in [3.63, 3.8) is 0 Å². The number of ether oxygens (including phenoxy) is 3. The van der Waals surface area contributed by atoms with E-state index >= 15 is 0 Å². The number of benzene rings is 2. The van der Waals surface area contributed by atoms with Crippen LogP contribution in [0.3, 0.4) is 0 Å². The molecular formula is C23H25F2NO5S. The van der Waals surface area contributed by atoms with Crippen molar-refractivity contribution in [2.24, 2.45) is 0 Å². The zero-order valence-electron chi connectivity index (χ0n) is 17.9. The Labute approximate surface area is 186 Å². The lowest BCUT2D eigenvalue weighted by molar-refractivity contribution is -0.0498. The Morgan fingerprint density at radius 3 is 2.53 bits per heavy atom. The van der Waals surface area contributed by atoms with E-state index < -0.39 is 16.6 Å². The lowest BCUT2D eigenvalue weighted by atomic mass is 9.97. The average Bonchev–Trinajstić information content (AvgIpc) is 3.28. The molecule has 32 heavy (non-hydrogen) atoms. The quantitative estimate of drug-likeness (QED) is 0.590. The van der Waals surface area contributed by atoms with E-state index in [9.17, 15) is 17.2 Å². The standard InChI is InChI=1S/C23H25F2NO5S/c1-29-17-8-10-20(22(14-17)30-2)21-4-3-11-26(21)32(27,28)19-9-6-15-12-18(31-23(24)25)7-5-16(15)13-19/h5,7-8,10,12-14,21,23H,3-4,6,9,11H2,1-2H3. The van der Waals surface area contributed by atoms with Crippen molar-refractivity contribution in [2.45, 2.75) is 38.3 Å². The van der Waals surface area contributed by atoms with Crippen LogP contribution in [0.25, 0.3) is 6.08 Å². The smallest absolute Gasteiger partial charge is 0.387 e. The van der Waals surface area contributed by atoms with E-state index in [0.717, 1.165) is 17.5 Å². The molecule has 0 aromatic heterocycles. The van der Waals surface area contributed by atoms with E-state index in [4.69, 9.17) is 9.47 Å². The molecule has 0 amide bonds. The van der Waals surface area contributed by atoms with Gasteiger partial charge in [0, 0.05) is 18.2 Å². The number of alkyl halides is 2. The second-order valence-electron chi connectivity index (χ2n) is 7.73. The van der Waals surface area contributed by atoms with Gasteiger partial charge in [-0.2, -0.15) is 13.1 Å². The average molecular weight is 466 g/mol. The molecular weight excluding hydrogens is 440 g/mol. The van der Waals surface area contributed by atoms with Crippen molar-refractivity contribution in [2.75, 3.05) is 20.8 Å². The van der Waals surface area contributed by atoms with Gasteiger partial charge in [-0.3, -0.25) is 0 Å². The van der Waals surface area contributed by atoms with Crippen LogP contribution in [-0.2, 0) is 16.4 Å². The van der Waals surface area contributed by atoms with Gasteiger partial charge in [-0.15, -0.1) is 0 Å². The van der Waals surface area contributed by atoms with E-state index in [1.165, 1.54) is 6.07 Å². The summed E-state index contributed by atoms with van der Waals surface area (Å²) < 4.78 is 68.9. The number of sulfonamides is 1. The molecule has 1 saturated heterocycles. The summed E-state index contributed by atoms with van der Waals surface area (Å²) in [5.74, 6) is 1.30. The highest BCUT2D eigenvalue weighted by molar-refractivity contribution is 7.93. The summed E-state index contributed by atoms with van der Waals surface area (Å²) in [6.07, 6.45) is 3.82. The molecule has 1 aliphatic heterocycles. The van der Waals surface area contributed by atoms with Gasteiger partial charge in [0.1, 0.15) is 17.2 Å². The van der Waals surface area contributed by atoms with Gasteiger partial charge in [-0.25, -0.2) is 8.42 Å². The van der Waals surface area contributed by atoms with Crippen LogP contribution in [0.5, 0.6) is 17.2 Å². The van der Waals surface area contributed by atoms with Crippen molar-refractivity contribution in [3.8, 4) is 17.2 Å². The van der Waals surface area contributed by atoms with Gasteiger partial charge in [0.15, 0.2) is 0 Å². The maximum absolute atomic E-state index is 13.6. The van der Waals surface area contributed by atoms with Crippen LogP contribution in [0.1, 0.15) is 42.0 Å². The third kappa shape index (κ3) is 4.31. The Kier molecular flexibility index (Phi) is 6.39. The summed E-state index contributed by atoms with van der Waals surface area (Å²) in [5, 5.41) is 0. The van der Waals surface area contributed by atoms with Crippen LogP contribution >= 0.6 is 0 Å². The predicted molar refractivity (Wildman–Crippen MR) is 117 cm³/mol.